The Morgan fingerprint density at radius 2 is 1.90 bits per heavy atom. The molecule has 2 aliphatic rings. The molecule has 20 heavy (non-hydrogen) atoms. The van der Waals surface area contributed by atoms with Gasteiger partial charge in [-0.2, -0.15) is 0 Å². The first kappa shape index (κ1) is 15.1. The molecule has 1 aliphatic carbocycles. The van der Waals surface area contributed by atoms with Gasteiger partial charge in [0.2, 0.25) is 0 Å². The molecule has 0 aromatic heterocycles. The lowest BCUT2D eigenvalue weighted by atomic mass is 10.0. The third-order valence-electron chi connectivity index (χ3n) is 4.47. The molecule has 1 heterocycles. The van der Waals surface area contributed by atoms with Crippen LogP contribution in [0.25, 0.3) is 0 Å². The van der Waals surface area contributed by atoms with E-state index in [9.17, 15) is 9.59 Å². The van der Waals surface area contributed by atoms with E-state index in [1.807, 2.05) is 4.90 Å². The van der Waals surface area contributed by atoms with Gasteiger partial charge in [0.15, 0.2) is 0 Å². The maximum Gasteiger partial charge on any atom is 0.325 e. The van der Waals surface area contributed by atoms with E-state index in [2.05, 4.69) is 6.92 Å². The molecule has 1 aliphatic heterocycles. The Morgan fingerprint density at radius 3 is 2.50 bits per heavy atom. The standard InChI is InChI=1S/C15H26N2O3/c1-12-6-5-9-16(10-12)15(19)17(11-14(18)20-2)13-7-3-4-8-13/h12-13H,3-11H2,1-2H3. The monoisotopic (exact) mass is 282 g/mol. The Labute approximate surface area is 121 Å². The van der Waals surface area contributed by atoms with E-state index in [0.717, 1.165) is 45.2 Å². The number of nitrogens with zero attached hydrogens (tertiary/aromatic N) is 2. The van der Waals surface area contributed by atoms with Gasteiger partial charge in [-0.15, -0.1) is 0 Å². The fourth-order valence-corrected chi connectivity index (χ4v) is 3.32. The molecule has 1 saturated heterocycles. The Bertz CT molecular complexity index is 353. The quantitative estimate of drug-likeness (QED) is 0.746. The Morgan fingerprint density at radius 1 is 1.20 bits per heavy atom. The van der Waals surface area contributed by atoms with Crippen LogP contribution in [0.5, 0.6) is 0 Å². The number of hydrogen-bond donors (Lipinski definition) is 0. The zero-order valence-electron chi connectivity index (χ0n) is 12.6. The molecule has 2 amide bonds. The van der Waals surface area contributed by atoms with E-state index >= 15 is 0 Å². The minimum atomic E-state index is -0.324. The van der Waals surface area contributed by atoms with Crippen LogP contribution in [0, 0.1) is 5.92 Å². The van der Waals surface area contributed by atoms with Gasteiger partial charge in [-0.1, -0.05) is 19.8 Å². The van der Waals surface area contributed by atoms with Crippen molar-refractivity contribution >= 4 is 12.0 Å². The molecule has 0 radical (unpaired) electrons. The minimum absolute atomic E-state index is 0.0221. The number of urea groups is 1. The molecule has 5 nitrogen and oxygen atoms in total. The highest BCUT2D eigenvalue weighted by Gasteiger charge is 2.32. The molecule has 0 spiro atoms. The van der Waals surface area contributed by atoms with Crippen molar-refractivity contribution < 1.29 is 14.3 Å². The van der Waals surface area contributed by atoms with Crippen molar-refractivity contribution in [2.75, 3.05) is 26.7 Å². The lowest BCUT2D eigenvalue weighted by Gasteiger charge is -2.37. The number of methoxy groups -OCH3 is 1. The fourth-order valence-electron chi connectivity index (χ4n) is 3.32. The molecule has 2 rings (SSSR count). The lowest BCUT2D eigenvalue weighted by Crippen LogP contribution is -2.52. The van der Waals surface area contributed by atoms with Crippen LogP contribution < -0.4 is 0 Å². The zero-order chi connectivity index (χ0) is 14.5. The SMILES string of the molecule is COC(=O)CN(C(=O)N1CCCC(C)C1)C1CCCC1. The molecular formula is C15H26N2O3. The van der Waals surface area contributed by atoms with Crippen LogP contribution in [-0.2, 0) is 9.53 Å². The highest BCUT2D eigenvalue weighted by molar-refractivity contribution is 5.81. The van der Waals surface area contributed by atoms with Gasteiger partial charge in [-0.25, -0.2) is 4.79 Å². The summed E-state index contributed by atoms with van der Waals surface area (Å²) < 4.78 is 4.75. The topological polar surface area (TPSA) is 49.9 Å². The van der Waals surface area contributed by atoms with E-state index in [1.54, 1.807) is 4.90 Å². The van der Waals surface area contributed by atoms with Crippen LogP contribution in [0.4, 0.5) is 4.79 Å². The van der Waals surface area contributed by atoms with E-state index in [-0.39, 0.29) is 24.6 Å². The first-order valence-corrected chi connectivity index (χ1v) is 7.74. The van der Waals surface area contributed by atoms with Gasteiger partial charge in [0.1, 0.15) is 6.54 Å². The summed E-state index contributed by atoms with van der Waals surface area (Å²) in [6.07, 6.45) is 6.55. The first-order chi connectivity index (χ1) is 9.61. The van der Waals surface area contributed by atoms with Gasteiger partial charge in [-0.05, 0) is 31.6 Å². The minimum Gasteiger partial charge on any atom is -0.468 e. The van der Waals surface area contributed by atoms with Gasteiger partial charge in [0.25, 0.3) is 0 Å². The summed E-state index contributed by atoms with van der Waals surface area (Å²) >= 11 is 0. The van der Waals surface area contributed by atoms with Crippen molar-refractivity contribution in [2.24, 2.45) is 5.92 Å². The van der Waals surface area contributed by atoms with Crippen molar-refractivity contribution in [3.8, 4) is 0 Å². The van der Waals surface area contributed by atoms with Gasteiger partial charge in [0, 0.05) is 19.1 Å². The number of carbonyl (C=O) groups is 2. The normalized spacial score (nSPS) is 23.7. The van der Waals surface area contributed by atoms with Crippen LogP contribution >= 0.6 is 0 Å². The number of esters is 1. The Hall–Kier alpha value is -1.26. The number of amides is 2. The molecule has 114 valence electrons. The second kappa shape index (κ2) is 6.95. The van der Waals surface area contributed by atoms with Crippen molar-refractivity contribution in [1.82, 2.24) is 9.80 Å². The number of likely N-dealkylation sites (tertiary alicyclic amines) is 1. The molecule has 0 aromatic rings. The summed E-state index contributed by atoms with van der Waals surface area (Å²) in [5, 5.41) is 0. The van der Waals surface area contributed by atoms with Gasteiger partial charge >= 0.3 is 12.0 Å². The van der Waals surface area contributed by atoms with Gasteiger partial charge in [-0.3, -0.25) is 4.79 Å². The van der Waals surface area contributed by atoms with Crippen molar-refractivity contribution in [3.05, 3.63) is 0 Å². The van der Waals surface area contributed by atoms with Gasteiger partial charge < -0.3 is 14.5 Å². The highest BCUT2D eigenvalue weighted by Crippen LogP contribution is 2.26. The zero-order valence-corrected chi connectivity index (χ0v) is 12.6. The summed E-state index contributed by atoms with van der Waals surface area (Å²) in [5.41, 5.74) is 0. The van der Waals surface area contributed by atoms with Crippen LogP contribution in [-0.4, -0.2) is 54.6 Å². The molecule has 2 fully saturated rings. The molecular weight excluding hydrogens is 256 g/mol. The highest BCUT2D eigenvalue weighted by atomic mass is 16.5. The van der Waals surface area contributed by atoms with E-state index in [0.29, 0.717) is 5.92 Å². The number of carbonyl (C=O) groups excluding carboxylic acids is 2. The smallest absolute Gasteiger partial charge is 0.325 e. The molecule has 0 aromatic carbocycles. The third kappa shape index (κ3) is 3.64. The van der Waals surface area contributed by atoms with Crippen LogP contribution in [0.2, 0.25) is 0 Å². The Kier molecular flexibility index (Phi) is 5.26. The average molecular weight is 282 g/mol. The predicted molar refractivity (Wildman–Crippen MR) is 76.3 cm³/mol. The second-order valence-electron chi connectivity index (χ2n) is 6.12. The maximum atomic E-state index is 12.7. The maximum absolute atomic E-state index is 12.7. The molecule has 1 unspecified atom stereocenters. The Balaban J connectivity index is 2.03. The second-order valence-corrected chi connectivity index (χ2v) is 6.12. The number of rotatable bonds is 3. The predicted octanol–water partition coefficient (Wildman–Crippen LogP) is 2.26. The summed E-state index contributed by atoms with van der Waals surface area (Å²) in [6.45, 7) is 3.89. The van der Waals surface area contributed by atoms with E-state index in [4.69, 9.17) is 4.74 Å². The summed E-state index contributed by atoms with van der Waals surface area (Å²) in [4.78, 5) is 28.0. The van der Waals surface area contributed by atoms with Crippen LogP contribution in [0.1, 0.15) is 45.4 Å². The molecule has 0 N–H and O–H groups in total. The van der Waals surface area contributed by atoms with Gasteiger partial charge in [0.05, 0.1) is 7.11 Å². The van der Waals surface area contributed by atoms with E-state index < -0.39 is 0 Å². The number of piperidine rings is 1. The van der Waals surface area contributed by atoms with Crippen molar-refractivity contribution in [3.63, 3.8) is 0 Å². The molecule has 5 heteroatoms. The summed E-state index contributed by atoms with van der Waals surface area (Å²) in [5.74, 6) is 0.228. The lowest BCUT2D eigenvalue weighted by molar-refractivity contribution is -0.141. The summed E-state index contributed by atoms with van der Waals surface area (Å²) in [6, 6.07) is 0.229. The molecule has 1 saturated carbocycles. The average Bonchev–Trinajstić information content (AvgIpc) is 2.97. The third-order valence-corrected chi connectivity index (χ3v) is 4.47. The van der Waals surface area contributed by atoms with E-state index in [1.165, 1.54) is 13.5 Å². The van der Waals surface area contributed by atoms with Crippen LogP contribution in [0.15, 0.2) is 0 Å². The molecule has 1 atom stereocenters. The number of ether oxygens (including phenoxy) is 1. The fraction of sp³-hybridized carbons (Fsp3) is 0.867. The summed E-state index contributed by atoms with van der Waals surface area (Å²) in [7, 11) is 1.38. The largest absolute Gasteiger partial charge is 0.468 e. The van der Waals surface area contributed by atoms with Crippen molar-refractivity contribution in [1.29, 1.82) is 0 Å². The van der Waals surface area contributed by atoms with Crippen LogP contribution in [0.3, 0.4) is 0 Å². The number of hydrogen-bond acceptors (Lipinski definition) is 3. The first-order valence-electron chi connectivity index (χ1n) is 7.74. The molecule has 0 bridgehead atoms. The van der Waals surface area contributed by atoms with Crippen molar-refractivity contribution in [2.45, 2.75) is 51.5 Å².